The molecule has 16 amide bonds. The zero-order valence-electron chi connectivity index (χ0n) is 78.8. The predicted molar refractivity (Wildman–Crippen MR) is 512 cm³/mol. The van der Waals surface area contributed by atoms with Gasteiger partial charge in [0.2, 0.25) is 94.5 Å². The first-order valence-electron chi connectivity index (χ1n) is 46.0. The van der Waals surface area contributed by atoms with E-state index in [1.807, 2.05) is 0 Å². The maximum absolute atomic E-state index is 15.4. The van der Waals surface area contributed by atoms with Gasteiger partial charge in [0.1, 0.15) is 60.1 Å². The molecule has 7 aliphatic heterocycles. The normalized spacial score (nSPS) is 27.2. The van der Waals surface area contributed by atoms with Gasteiger partial charge in [-0.2, -0.15) is 23.5 Å². The van der Waals surface area contributed by atoms with Gasteiger partial charge in [0.15, 0.2) is 11.6 Å². The van der Waals surface area contributed by atoms with E-state index in [0.717, 1.165) is 42.2 Å². The molecule has 44 nitrogen and oxygen atoms in total. The number of phenols is 1. The largest absolute Gasteiger partial charge is 0.508 e. The van der Waals surface area contributed by atoms with Crippen molar-refractivity contribution in [2.24, 2.45) is 51.2 Å². The van der Waals surface area contributed by atoms with Gasteiger partial charge in [-0.1, -0.05) is 106 Å². The Morgan fingerprint density at radius 3 is 1.33 bits per heavy atom. The molecule has 22 N–H and O–H groups in total. The summed E-state index contributed by atoms with van der Waals surface area (Å²) in [6.07, 6.45) is -9.00. The second kappa shape index (κ2) is 50.7. The molecule has 11 rings (SSSR count). The van der Waals surface area contributed by atoms with Crippen molar-refractivity contribution in [3.63, 3.8) is 0 Å². The zero-order valence-corrected chi connectivity index (χ0v) is 81.2. The van der Waals surface area contributed by atoms with Crippen molar-refractivity contribution in [3.8, 4) is 5.75 Å². The molecule has 4 aromatic rings. The van der Waals surface area contributed by atoms with Crippen LogP contribution in [0, 0.1) is 34.0 Å². The second-order valence-corrected chi connectivity index (χ2v) is 40.7. The van der Waals surface area contributed by atoms with E-state index in [-0.39, 0.29) is 92.9 Å². The molecule has 7 saturated heterocycles. The lowest BCUT2D eigenvalue weighted by molar-refractivity contribution is -0.142. The van der Waals surface area contributed by atoms with Crippen molar-refractivity contribution in [2.45, 2.75) is 204 Å². The van der Waals surface area contributed by atoms with Gasteiger partial charge in [-0.05, 0) is 97.9 Å². The summed E-state index contributed by atoms with van der Waals surface area (Å²) in [6.45, 7) is 8.22. The highest BCUT2D eigenvalue weighted by molar-refractivity contribution is 8.00. The molecule has 0 radical (unpaired) electrons. The molecule has 0 saturated carbocycles. The summed E-state index contributed by atoms with van der Waals surface area (Å²) in [5.41, 5.74) is 15.3. The maximum Gasteiger partial charge on any atom is 0.305 e. The third kappa shape index (κ3) is 32.1. The number of nitrogens with zero attached hydrogens (tertiary/aromatic N) is 3. The number of carbonyl (C=O) groups is 22. The van der Waals surface area contributed by atoms with Crippen LogP contribution in [0.1, 0.15) is 129 Å². The zero-order chi connectivity index (χ0) is 104. The Morgan fingerprint density at radius 2 is 0.837 bits per heavy atom. The van der Waals surface area contributed by atoms with Crippen molar-refractivity contribution >= 4 is 176 Å². The Bertz CT molecular complexity index is 5350. The maximum atomic E-state index is 15.4. The summed E-state index contributed by atoms with van der Waals surface area (Å²) in [5.74, 6) is -31.0. The molecular weight excluding hydrogens is 1900 g/mol. The number of amides is 16. The van der Waals surface area contributed by atoms with Crippen molar-refractivity contribution < 1.29 is 131 Å². The number of carboxylic acid groups (broad SMARTS) is 4. The van der Waals surface area contributed by atoms with E-state index in [1.54, 1.807) is 72.5 Å². The molecule has 0 aromatic heterocycles. The first-order chi connectivity index (χ1) is 66.5. The van der Waals surface area contributed by atoms with Crippen LogP contribution in [0.4, 0.5) is 0 Å². The molecule has 2 unspecified atom stereocenters. The Morgan fingerprint density at radius 1 is 0.418 bits per heavy atom. The molecule has 7 fully saturated rings. The van der Waals surface area contributed by atoms with Crippen LogP contribution in [0.15, 0.2) is 97.1 Å². The lowest BCUT2D eigenvalue weighted by Crippen LogP contribution is -2.61. The molecule has 47 heteroatoms. The lowest BCUT2D eigenvalue weighted by Gasteiger charge is -2.33. The van der Waals surface area contributed by atoms with Crippen LogP contribution in [0.2, 0.25) is 0 Å². The summed E-state index contributed by atoms with van der Waals surface area (Å²) in [6, 6.07) is 3.76. The highest BCUT2D eigenvalue weighted by Crippen LogP contribution is 2.57. The predicted octanol–water partition coefficient (Wildman–Crippen LogP) is -2.35. The van der Waals surface area contributed by atoms with E-state index in [4.69, 9.17) is 17.2 Å². The summed E-state index contributed by atoms with van der Waals surface area (Å²) in [5, 5.41) is 79.3. The van der Waals surface area contributed by atoms with E-state index >= 15 is 33.6 Å². The first-order valence-corrected chi connectivity index (χ1v) is 49.4. The van der Waals surface area contributed by atoms with Crippen molar-refractivity contribution in [1.82, 2.24) is 73.2 Å². The number of ketones is 2. The summed E-state index contributed by atoms with van der Waals surface area (Å²) < 4.78 is 0. The van der Waals surface area contributed by atoms with Crippen LogP contribution in [0.25, 0.3) is 10.8 Å². The van der Waals surface area contributed by atoms with Crippen molar-refractivity contribution in [3.05, 3.63) is 114 Å². The van der Waals surface area contributed by atoms with Crippen LogP contribution in [0.3, 0.4) is 0 Å². The number of nitrogens with one attached hydrogen (secondary N) is 11. The van der Waals surface area contributed by atoms with E-state index in [1.165, 1.54) is 73.9 Å². The highest BCUT2D eigenvalue weighted by atomic mass is 32.2. The number of hydrogen-bond acceptors (Lipinski definition) is 27. The summed E-state index contributed by atoms with van der Waals surface area (Å²) in [4.78, 5) is 319. The SMILES string of the molecule is C[C@H](N)CC[C@H]1CSCC(=O)N2CC34CN5CC3(C2)CN(C4)C(=O)CSC[C@H](NC(=O)[C@@H](C)NC(=O)[C@H](Cc2cccc3ccccc23)CC(=O)[C@H](CCC(=O)O)NC(=O)[C@H](CC(N)=O)NC(=O)[C@@H](C)NC1=O)C(=O)N[C@@H](CCC(=O)O)C(=O)N[C@@H](CC(=O)O)C(=O)N[C@@H](Cc1ccccc1)C(=O)N[C@@H](Cc1ccc(O)cc1)C(=O)N[C@@H](CC(=O)O)C(=O)N[C@@H](C(C)(C)C)C(=O)C[C@H](C(N)=O)CSCC5=O. The number of nitrogens with two attached hydrogens (primary N) is 3. The quantitative estimate of drug-likeness (QED) is 0.0366. The Labute approximate surface area is 824 Å². The van der Waals surface area contributed by atoms with Crippen LogP contribution in [-0.4, -0.2) is 316 Å². The Hall–Kier alpha value is -13.3. The number of phenolic OH excluding ortho intramolecular Hbond substituents is 1. The monoisotopic (exact) mass is 2020 g/mol. The van der Waals surface area contributed by atoms with Crippen molar-refractivity contribution in [1.29, 1.82) is 0 Å². The van der Waals surface area contributed by atoms with Gasteiger partial charge in [-0.25, -0.2) is 0 Å². The topological polar surface area (TPSA) is 697 Å². The number of primary amides is 2. The van der Waals surface area contributed by atoms with Gasteiger partial charge in [-0.3, -0.25) is 105 Å². The van der Waals surface area contributed by atoms with E-state index in [0.29, 0.717) is 21.9 Å². The number of hydrogen-bond donors (Lipinski definition) is 19. The Balaban J connectivity index is 1.14. The third-order valence-electron chi connectivity index (χ3n) is 25.3. The molecule has 7 aliphatic rings. The lowest BCUT2D eigenvalue weighted by atomic mass is 9.71. The standard InChI is InChI=1S/C94H123N17O27S3/c1-49(95)19-22-56-37-139-40-72(116)109-43-93-45-110-46-94(93,44-109)48-111(47-93)74(118)42-141-39-68(107-82(129)51(3)99-84(131)57(31-55-17-12-16-54-15-10-11-18-60(54)55)32-69(113)61(25-27-75(119)120)100-88(135)65(34-71(96)115)102-81(128)50(2)98-83(56)130)91(138)101-62(26-28-76(121)122)85(132)105-66(35-77(123)124)89(136)104-63(29-52-13-8-7-9-14-52)86(133)103-64(30-53-20-23-59(112)24-21-53)87(134)106-67(36-78(125)126)90(137)108-79(92(4,5)6)70(114)33-58(80(97)127)38-140-41-73(110)117/h7-18,20-21,23-24,49-51,56-58,61-68,79,112H,19,22,25-48,95H2,1-6H3,(H2,96,115)(H2,97,127)(H,98,130)(H,99,131)(H,100,135)(H,101,138)(H,102,128)(H,103,133)(H,104,136)(H,105,132)(H,106,134)(H,107,129)(H,108,137)(H,119,120)(H,121,122)(H,123,124)(H,125,126)/t49-,50+,51+,56-,57+,58-,61-,62-,63-,64-,65-,66-,67-,68-,79+,93?,94?/m0/s1. The molecule has 764 valence electrons. The van der Waals surface area contributed by atoms with Gasteiger partial charge in [0, 0.05) is 124 Å². The van der Waals surface area contributed by atoms with Gasteiger partial charge in [0.05, 0.1) is 54.5 Å². The van der Waals surface area contributed by atoms with Crippen molar-refractivity contribution in [2.75, 3.05) is 73.8 Å². The molecular formula is C94H123N17O27S3. The number of rotatable bonds is 22. The van der Waals surface area contributed by atoms with Crippen LogP contribution < -0.4 is 75.7 Å². The number of thioether (sulfide) groups is 3. The number of fused-ring (bicyclic) bond motifs is 46. The van der Waals surface area contributed by atoms with E-state index in [9.17, 15) is 97.5 Å². The van der Waals surface area contributed by atoms with Gasteiger partial charge in [-0.15, -0.1) is 11.8 Å². The first kappa shape index (κ1) is 111. The van der Waals surface area contributed by atoms with E-state index < -0.39 is 319 Å². The fraction of sp³-hybridized carbons (Fsp3) is 0.532. The summed E-state index contributed by atoms with van der Waals surface area (Å²) >= 11 is 2.74. The fourth-order valence-electron chi connectivity index (χ4n) is 17.7. The van der Waals surface area contributed by atoms with Gasteiger partial charge in [0.25, 0.3) is 0 Å². The molecule has 2 spiro atoms. The van der Waals surface area contributed by atoms with Crippen LogP contribution in [0.5, 0.6) is 5.75 Å². The molecule has 141 heavy (non-hydrogen) atoms. The average Bonchev–Trinajstić information content (AvgIpc) is 1.52. The second-order valence-electron chi connectivity index (χ2n) is 37.6. The van der Waals surface area contributed by atoms with Gasteiger partial charge < -0.3 is 116 Å². The number of carbonyl (C=O) groups excluding carboxylic acids is 18. The van der Waals surface area contributed by atoms with Crippen LogP contribution in [-0.2, 0) is 125 Å². The highest BCUT2D eigenvalue weighted by Gasteiger charge is 2.69. The third-order valence-corrected chi connectivity index (χ3v) is 28.5. The molecule has 6 bridgehead atoms. The molecule has 7 heterocycles. The molecule has 0 aliphatic carbocycles. The number of aromatic hydroxyl groups is 1. The van der Waals surface area contributed by atoms with E-state index in [2.05, 4.69) is 58.5 Å². The summed E-state index contributed by atoms with van der Waals surface area (Å²) in [7, 11) is 0. The minimum atomic E-state index is -2.26. The molecule has 17 atom stereocenters. The number of Topliss-reactive ketones (excluding diaryl/α,β-unsaturated/α-hetero) is 2. The average molecular weight is 2020 g/mol. The van der Waals surface area contributed by atoms with Gasteiger partial charge >= 0.3 is 23.9 Å². The fourth-order valence-corrected chi connectivity index (χ4v) is 20.8. The molecule has 4 aromatic carbocycles. The number of benzene rings is 4. The Kier molecular flexibility index (Phi) is 40.0. The number of aliphatic carboxylic acids is 4. The minimum absolute atomic E-state index is 0.0356. The smallest absolute Gasteiger partial charge is 0.305 e. The number of carboxylic acids is 4. The van der Waals surface area contributed by atoms with Crippen LogP contribution >= 0.6 is 35.3 Å². The minimum Gasteiger partial charge on any atom is -0.508 e.